The van der Waals surface area contributed by atoms with Crippen LogP contribution in [0.4, 0.5) is 0 Å². The van der Waals surface area contributed by atoms with Gasteiger partial charge in [0, 0.05) is 43.8 Å². The number of benzene rings is 1. The normalized spacial score (nSPS) is 16.6. The van der Waals surface area contributed by atoms with E-state index >= 15 is 0 Å². The number of hydrogen-bond donors (Lipinski definition) is 1. The number of pyridine rings is 1. The largest absolute Gasteiger partial charge is 0.337 e. The molecule has 0 bridgehead atoms. The lowest BCUT2D eigenvalue weighted by Crippen LogP contribution is -2.38. The average Bonchev–Trinajstić information content (AvgIpc) is 3.38. The molecule has 1 fully saturated rings. The Balaban J connectivity index is 1.76. The van der Waals surface area contributed by atoms with Crippen molar-refractivity contribution < 1.29 is 4.79 Å². The maximum atomic E-state index is 13.2. The summed E-state index contributed by atoms with van der Waals surface area (Å²) in [5, 5.41) is 8.01. The van der Waals surface area contributed by atoms with E-state index < -0.39 is 0 Å². The summed E-state index contributed by atoms with van der Waals surface area (Å²) in [5.41, 5.74) is 3.01. The van der Waals surface area contributed by atoms with Crippen LogP contribution in [0.25, 0.3) is 16.9 Å². The summed E-state index contributed by atoms with van der Waals surface area (Å²) in [7, 11) is 1.87. The van der Waals surface area contributed by atoms with Crippen LogP contribution in [0.1, 0.15) is 16.8 Å². The van der Waals surface area contributed by atoms with Crippen molar-refractivity contribution in [1.82, 2.24) is 25.0 Å². The minimum Gasteiger partial charge on any atom is -0.337 e. The molecule has 1 N–H and O–H groups in total. The maximum absolute atomic E-state index is 13.2. The van der Waals surface area contributed by atoms with Gasteiger partial charge in [0.2, 0.25) is 0 Å². The van der Waals surface area contributed by atoms with Crippen LogP contribution in [0.3, 0.4) is 0 Å². The molecule has 132 valence electrons. The van der Waals surface area contributed by atoms with Crippen molar-refractivity contribution in [1.29, 1.82) is 0 Å². The van der Waals surface area contributed by atoms with E-state index in [1.165, 1.54) is 0 Å². The molecular weight excluding hydrogens is 326 g/mol. The molecule has 1 amide bonds. The minimum atomic E-state index is -0.0141. The van der Waals surface area contributed by atoms with Crippen LogP contribution in [0.15, 0.2) is 61.1 Å². The fourth-order valence-corrected chi connectivity index (χ4v) is 3.29. The molecule has 4 rings (SSSR count). The molecule has 6 nitrogen and oxygen atoms in total. The van der Waals surface area contributed by atoms with E-state index in [2.05, 4.69) is 10.3 Å². The molecule has 1 unspecified atom stereocenters. The van der Waals surface area contributed by atoms with Crippen LogP contribution in [0, 0.1) is 0 Å². The molecular formula is C20H21N5O. The molecule has 3 heterocycles. The monoisotopic (exact) mass is 347 g/mol. The number of para-hydroxylation sites is 1. The molecule has 1 aliphatic heterocycles. The summed E-state index contributed by atoms with van der Waals surface area (Å²) >= 11 is 0. The Kier molecular flexibility index (Phi) is 4.50. The van der Waals surface area contributed by atoms with E-state index in [-0.39, 0.29) is 11.9 Å². The Bertz CT molecular complexity index is 885. The van der Waals surface area contributed by atoms with Crippen molar-refractivity contribution in [3.8, 4) is 16.9 Å². The van der Waals surface area contributed by atoms with Gasteiger partial charge in [-0.25, -0.2) is 4.68 Å². The molecule has 26 heavy (non-hydrogen) atoms. The van der Waals surface area contributed by atoms with Gasteiger partial charge in [-0.3, -0.25) is 9.78 Å². The second kappa shape index (κ2) is 7.09. The zero-order valence-corrected chi connectivity index (χ0v) is 14.7. The van der Waals surface area contributed by atoms with Gasteiger partial charge in [-0.2, -0.15) is 5.10 Å². The number of carbonyl (C=O) groups is 1. The topological polar surface area (TPSA) is 63.1 Å². The highest BCUT2D eigenvalue weighted by Gasteiger charge is 2.27. The maximum Gasteiger partial charge on any atom is 0.257 e. The second-order valence-corrected chi connectivity index (χ2v) is 6.48. The predicted molar refractivity (Wildman–Crippen MR) is 100 cm³/mol. The molecule has 3 aromatic rings. The average molecular weight is 347 g/mol. The fraction of sp³-hybridized carbons (Fsp3) is 0.250. The zero-order chi connectivity index (χ0) is 17.9. The Labute approximate surface area is 152 Å². The number of rotatable bonds is 4. The van der Waals surface area contributed by atoms with Crippen LogP contribution in [0.2, 0.25) is 0 Å². The van der Waals surface area contributed by atoms with E-state index in [0.717, 1.165) is 30.8 Å². The van der Waals surface area contributed by atoms with Gasteiger partial charge in [0.15, 0.2) is 0 Å². The summed E-state index contributed by atoms with van der Waals surface area (Å²) in [4.78, 5) is 19.2. The van der Waals surface area contributed by atoms with Crippen LogP contribution in [-0.4, -0.2) is 51.8 Å². The van der Waals surface area contributed by atoms with Crippen LogP contribution in [0.5, 0.6) is 0 Å². The van der Waals surface area contributed by atoms with Gasteiger partial charge in [0.25, 0.3) is 5.91 Å². The quantitative estimate of drug-likeness (QED) is 0.787. The SMILES string of the molecule is CN(C(=O)c1cn(-c2ccccc2)nc1-c1cccnc1)C1CCNC1. The van der Waals surface area contributed by atoms with Crippen LogP contribution in [-0.2, 0) is 0 Å². The standard InChI is InChI=1S/C20H21N5O/c1-24(17-9-11-22-13-17)20(26)18-14-25(16-7-3-2-4-8-16)23-19(18)15-6-5-10-21-12-15/h2-8,10,12,14,17,22H,9,11,13H2,1H3. The van der Waals surface area contributed by atoms with E-state index in [4.69, 9.17) is 5.10 Å². The zero-order valence-electron chi connectivity index (χ0n) is 14.7. The summed E-state index contributed by atoms with van der Waals surface area (Å²) in [6, 6.07) is 13.8. The summed E-state index contributed by atoms with van der Waals surface area (Å²) in [6.07, 6.45) is 6.25. The van der Waals surface area contributed by atoms with Gasteiger partial charge < -0.3 is 10.2 Å². The third kappa shape index (κ3) is 3.11. The molecule has 0 saturated carbocycles. The van der Waals surface area contributed by atoms with Gasteiger partial charge >= 0.3 is 0 Å². The van der Waals surface area contributed by atoms with Gasteiger partial charge in [-0.1, -0.05) is 18.2 Å². The summed E-state index contributed by atoms with van der Waals surface area (Å²) < 4.78 is 1.76. The van der Waals surface area contributed by atoms with Crippen molar-refractivity contribution in [3.05, 3.63) is 66.6 Å². The van der Waals surface area contributed by atoms with E-state index in [1.54, 1.807) is 17.1 Å². The van der Waals surface area contributed by atoms with E-state index in [9.17, 15) is 4.79 Å². The first-order valence-corrected chi connectivity index (χ1v) is 8.77. The minimum absolute atomic E-state index is 0.0141. The van der Waals surface area contributed by atoms with Gasteiger partial charge in [-0.15, -0.1) is 0 Å². The van der Waals surface area contributed by atoms with Gasteiger partial charge in [0.05, 0.1) is 11.3 Å². The Hall–Kier alpha value is -2.99. The van der Waals surface area contributed by atoms with Gasteiger partial charge in [0.1, 0.15) is 5.69 Å². The molecule has 1 saturated heterocycles. The lowest BCUT2D eigenvalue weighted by Gasteiger charge is -2.23. The number of amides is 1. The second-order valence-electron chi connectivity index (χ2n) is 6.48. The highest BCUT2D eigenvalue weighted by molar-refractivity contribution is 6.00. The summed E-state index contributed by atoms with van der Waals surface area (Å²) in [6.45, 7) is 1.78. The lowest BCUT2D eigenvalue weighted by molar-refractivity contribution is 0.0744. The molecule has 1 aliphatic rings. The number of likely N-dealkylation sites (N-methyl/N-ethyl adjacent to an activating group) is 1. The van der Waals surface area contributed by atoms with E-state index in [1.807, 2.05) is 60.6 Å². The summed E-state index contributed by atoms with van der Waals surface area (Å²) in [5.74, 6) is -0.0141. The molecule has 1 aromatic carbocycles. The molecule has 6 heteroatoms. The van der Waals surface area contributed by atoms with Crippen LogP contribution < -0.4 is 5.32 Å². The third-order valence-corrected chi connectivity index (χ3v) is 4.80. The smallest absolute Gasteiger partial charge is 0.257 e. The number of hydrogen-bond acceptors (Lipinski definition) is 4. The Morgan fingerprint density at radius 3 is 2.77 bits per heavy atom. The van der Waals surface area contributed by atoms with Crippen molar-refractivity contribution in [2.24, 2.45) is 0 Å². The molecule has 0 radical (unpaired) electrons. The van der Waals surface area contributed by atoms with E-state index in [0.29, 0.717) is 11.3 Å². The first-order chi connectivity index (χ1) is 12.7. The fourth-order valence-electron chi connectivity index (χ4n) is 3.29. The first-order valence-electron chi connectivity index (χ1n) is 8.77. The molecule has 0 spiro atoms. The van der Waals surface area contributed by atoms with Crippen LogP contribution >= 0.6 is 0 Å². The first kappa shape index (κ1) is 16.5. The molecule has 0 aliphatic carbocycles. The highest BCUT2D eigenvalue weighted by atomic mass is 16.2. The Morgan fingerprint density at radius 2 is 2.08 bits per heavy atom. The number of aromatic nitrogens is 3. The van der Waals surface area contributed by atoms with Crippen molar-refractivity contribution in [2.45, 2.75) is 12.5 Å². The Morgan fingerprint density at radius 1 is 1.23 bits per heavy atom. The molecule has 1 atom stereocenters. The lowest BCUT2D eigenvalue weighted by atomic mass is 10.1. The van der Waals surface area contributed by atoms with Gasteiger partial charge in [-0.05, 0) is 37.2 Å². The van der Waals surface area contributed by atoms with Crippen molar-refractivity contribution in [2.75, 3.05) is 20.1 Å². The molecule has 2 aromatic heterocycles. The number of carbonyl (C=O) groups excluding carboxylic acids is 1. The van der Waals surface area contributed by atoms with Crippen molar-refractivity contribution in [3.63, 3.8) is 0 Å². The third-order valence-electron chi connectivity index (χ3n) is 4.80. The van der Waals surface area contributed by atoms with Crippen molar-refractivity contribution >= 4 is 5.91 Å². The number of nitrogens with one attached hydrogen (secondary N) is 1. The predicted octanol–water partition coefficient (Wildman–Crippen LogP) is 2.37. The number of nitrogens with zero attached hydrogens (tertiary/aromatic N) is 4. The highest BCUT2D eigenvalue weighted by Crippen LogP contribution is 2.25.